The van der Waals surface area contributed by atoms with Gasteiger partial charge in [-0.1, -0.05) is 30.3 Å². The predicted octanol–water partition coefficient (Wildman–Crippen LogP) is 3.39. The van der Waals surface area contributed by atoms with Crippen LogP contribution in [-0.2, 0) is 14.3 Å². The fourth-order valence-electron chi connectivity index (χ4n) is 5.18. The van der Waals surface area contributed by atoms with Crippen molar-refractivity contribution in [3.63, 3.8) is 0 Å². The second-order valence-electron chi connectivity index (χ2n) is 9.34. The molecule has 4 rings (SSSR count). The minimum Gasteiger partial charge on any atom is -0.465 e. The predicted molar refractivity (Wildman–Crippen MR) is 117 cm³/mol. The maximum absolute atomic E-state index is 13.6. The highest BCUT2D eigenvalue weighted by Crippen LogP contribution is 2.49. The maximum atomic E-state index is 13.6. The number of hydrogen-bond acceptors (Lipinski definition) is 5. The number of ether oxygens (including phenoxy) is 1. The number of carbonyl (C=O) groups excluding carboxylic acids is 2. The molecule has 0 bridgehead atoms. The molecule has 5 nitrogen and oxygen atoms in total. The van der Waals surface area contributed by atoms with E-state index in [1.54, 1.807) is 0 Å². The van der Waals surface area contributed by atoms with Gasteiger partial charge in [-0.15, -0.1) is 0 Å². The lowest BCUT2D eigenvalue weighted by molar-refractivity contribution is -0.122. The van der Waals surface area contributed by atoms with E-state index in [2.05, 4.69) is 9.80 Å². The van der Waals surface area contributed by atoms with Gasteiger partial charge in [0.1, 0.15) is 11.5 Å². The van der Waals surface area contributed by atoms with Crippen molar-refractivity contribution in [3.8, 4) is 0 Å². The minimum atomic E-state index is -0.306. The Morgan fingerprint density at radius 2 is 1.27 bits per heavy atom. The lowest BCUT2D eigenvalue weighted by Gasteiger charge is -2.40. The summed E-state index contributed by atoms with van der Waals surface area (Å²) in [6, 6.07) is 10.0. The van der Waals surface area contributed by atoms with Crippen LogP contribution >= 0.6 is 0 Å². The van der Waals surface area contributed by atoms with Crippen LogP contribution < -0.4 is 0 Å². The first-order valence-corrected chi connectivity index (χ1v) is 10.9. The monoisotopic (exact) mass is 408 g/mol. The first kappa shape index (κ1) is 21.0. The Balaban J connectivity index is 1.78. The van der Waals surface area contributed by atoms with Gasteiger partial charge < -0.3 is 14.5 Å². The van der Waals surface area contributed by atoms with E-state index < -0.39 is 0 Å². The Morgan fingerprint density at radius 3 is 1.70 bits per heavy atom. The van der Waals surface area contributed by atoms with E-state index in [4.69, 9.17) is 4.74 Å². The molecule has 0 saturated heterocycles. The zero-order valence-electron chi connectivity index (χ0n) is 18.5. The molecule has 1 aromatic carbocycles. The number of Topliss-reactive ketones (excluding diaryl/α,β-unsaturated/α-hetero) is 2. The molecule has 3 atom stereocenters. The van der Waals surface area contributed by atoms with Gasteiger partial charge >= 0.3 is 0 Å². The van der Waals surface area contributed by atoms with Crippen LogP contribution in [0.25, 0.3) is 0 Å². The molecule has 1 heterocycles. The SMILES string of the molecule is CN(C)C[C@H]1CCC2=C(C1=O)C(c1ccccc1)C1=C(CC[C@@H](CN(C)C)C1=O)O2. The molecule has 0 radical (unpaired) electrons. The quantitative estimate of drug-likeness (QED) is 0.748. The van der Waals surface area contributed by atoms with Crippen LogP contribution in [0.1, 0.15) is 37.2 Å². The van der Waals surface area contributed by atoms with Crippen LogP contribution in [-0.4, -0.2) is 62.6 Å². The van der Waals surface area contributed by atoms with Crippen molar-refractivity contribution in [2.45, 2.75) is 31.6 Å². The van der Waals surface area contributed by atoms with E-state index >= 15 is 0 Å². The van der Waals surface area contributed by atoms with Crippen molar-refractivity contribution in [3.05, 3.63) is 58.6 Å². The highest BCUT2D eigenvalue weighted by atomic mass is 16.5. The maximum Gasteiger partial charge on any atom is 0.167 e. The fraction of sp³-hybridized carbons (Fsp3) is 0.520. The summed E-state index contributed by atoms with van der Waals surface area (Å²) in [5.41, 5.74) is 2.45. The van der Waals surface area contributed by atoms with E-state index in [0.717, 1.165) is 67.0 Å². The highest BCUT2D eigenvalue weighted by Gasteiger charge is 2.46. The van der Waals surface area contributed by atoms with E-state index in [0.29, 0.717) is 0 Å². The molecule has 5 heteroatoms. The molecule has 0 amide bonds. The van der Waals surface area contributed by atoms with Gasteiger partial charge in [0.2, 0.25) is 0 Å². The first-order chi connectivity index (χ1) is 14.4. The molecule has 3 aliphatic rings. The van der Waals surface area contributed by atoms with Crippen LogP contribution in [0, 0.1) is 11.8 Å². The number of rotatable bonds is 5. The molecule has 0 spiro atoms. The van der Waals surface area contributed by atoms with E-state index in [1.165, 1.54) is 0 Å². The summed E-state index contributed by atoms with van der Waals surface area (Å²) in [6.07, 6.45) is 3.12. The zero-order valence-corrected chi connectivity index (χ0v) is 18.5. The number of ketones is 2. The third-order valence-corrected chi connectivity index (χ3v) is 6.44. The topological polar surface area (TPSA) is 49.9 Å². The van der Waals surface area contributed by atoms with Gasteiger partial charge in [-0.3, -0.25) is 9.59 Å². The van der Waals surface area contributed by atoms with Crippen LogP contribution in [0.2, 0.25) is 0 Å². The molecule has 160 valence electrons. The molecule has 0 N–H and O–H groups in total. The van der Waals surface area contributed by atoms with Crippen LogP contribution in [0.15, 0.2) is 53.0 Å². The van der Waals surface area contributed by atoms with Crippen molar-refractivity contribution in [2.24, 2.45) is 11.8 Å². The first-order valence-electron chi connectivity index (χ1n) is 10.9. The minimum absolute atomic E-state index is 0.0491. The van der Waals surface area contributed by atoms with Crippen LogP contribution in [0.3, 0.4) is 0 Å². The summed E-state index contributed by atoms with van der Waals surface area (Å²) in [5, 5.41) is 0. The summed E-state index contributed by atoms with van der Waals surface area (Å²) in [4.78, 5) is 31.4. The van der Waals surface area contributed by atoms with Gasteiger partial charge in [-0.2, -0.15) is 0 Å². The lowest BCUT2D eigenvalue weighted by Crippen LogP contribution is -2.40. The normalized spacial score (nSPS) is 26.8. The second kappa shape index (κ2) is 8.48. The summed E-state index contributed by atoms with van der Waals surface area (Å²) in [6.45, 7) is 1.44. The zero-order chi connectivity index (χ0) is 21.4. The molecule has 1 aromatic rings. The molecule has 1 aliphatic heterocycles. The number of allylic oxidation sites excluding steroid dienone is 4. The van der Waals surface area contributed by atoms with Crippen LogP contribution in [0.4, 0.5) is 0 Å². The van der Waals surface area contributed by atoms with Crippen molar-refractivity contribution >= 4 is 11.6 Å². The third kappa shape index (κ3) is 3.88. The molecule has 0 fully saturated rings. The van der Waals surface area contributed by atoms with E-state index in [9.17, 15) is 9.59 Å². The van der Waals surface area contributed by atoms with Gasteiger partial charge in [-0.25, -0.2) is 0 Å². The molecule has 2 aliphatic carbocycles. The average molecular weight is 409 g/mol. The van der Waals surface area contributed by atoms with Gasteiger partial charge in [-0.05, 0) is 46.6 Å². The third-order valence-electron chi connectivity index (χ3n) is 6.44. The number of hydrogen-bond donors (Lipinski definition) is 0. The Hall–Kier alpha value is -2.24. The Bertz CT molecular complexity index is 844. The van der Waals surface area contributed by atoms with Crippen molar-refractivity contribution in [2.75, 3.05) is 41.3 Å². The summed E-state index contributed by atoms with van der Waals surface area (Å²) >= 11 is 0. The van der Waals surface area contributed by atoms with Crippen molar-refractivity contribution in [1.29, 1.82) is 0 Å². The smallest absolute Gasteiger partial charge is 0.167 e. The fourth-order valence-corrected chi connectivity index (χ4v) is 5.18. The van der Waals surface area contributed by atoms with Gasteiger partial charge in [0.25, 0.3) is 0 Å². The Kier molecular flexibility index (Phi) is 5.94. The largest absolute Gasteiger partial charge is 0.465 e. The van der Waals surface area contributed by atoms with E-state index in [-0.39, 0.29) is 29.3 Å². The Labute approximate surface area is 179 Å². The highest BCUT2D eigenvalue weighted by molar-refractivity contribution is 6.07. The number of nitrogens with zero attached hydrogens (tertiary/aromatic N) is 2. The number of benzene rings is 1. The molecular weight excluding hydrogens is 376 g/mol. The van der Waals surface area contributed by atoms with Crippen molar-refractivity contribution < 1.29 is 14.3 Å². The summed E-state index contributed by atoms with van der Waals surface area (Å²) in [7, 11) is 8.00. The lowest BCUT2D eigenvalue weighted by atomic mass is 9.69. The standard InChI is InChI=1S/C25H32N2O3/c1-26(2)14-17-10-12-19-22(24(17)28)21(16-8-6-5-7-9-16)23-20(30-19)13-11-18(25(23)29)15-27(3)4/h5-9,17-18,21H,10-15H2,1-4H3/t17-,18+,21?. The summed E-state index contributed by atoms with van der Waals surface area (Å²) < 4.78 is 6.28. The molecule has 1 unspecified atom stereocenters. The molecule has 30 heavy (non-hydrogen) atoms. The molecule has 0 aromatic heterocycles. The van der Waals surface area contributed by atoms with Gasteiger partial charge in [0.05, 0.1) is 0 Å². The average Bonchev–Trinajstić information content (AvgIpc) is 2.71. The molecular formula is C25H32N2O3. The molecule has 0 saturated carbocycles. The summed E-state index contributed by atoms with van der Waals surface area (Å²) in [5.74, 6) is 1.47. The van der Waals surface area contributed by atoms with Crippen LogP contribution in [0.5, 0.6) is 0 Å². The van der Waals surface area contributed by atoms with Crippen molar-refractivity contribution in [1.82, 2.24) is 9.80 Å². The second-order valence-corrected chi connectivity index (χ2v) is 9.34. The Morgan fingerprint density at radius 1 is 0.800 bits per heavy atom. The van der Waals surface area contributed by atoms with Gasteiger partial charge in [0, 0.05) is 54.8 Å². The number of carbonyl (C=O) groups is 2. The van der Waals surface area contributed by atoms with E-state index in [1.807, 2.05) is 58.5 Å². The van der Waals surface area contributed by atoms with Gasteiger partial charge in [0.15, 0.2) is 11.6 Å².